The summed E-state index contributed by atoms with van der Waals surface area (Å²) in [4.78, 5) is 0. The zero-order valence-corrected chi connectivity index (χ0v) is 15.0. The third kappa shape index (κ3) is 4.62. The van der Waals surface area contributed by atoms with E-state index in [4.69, 9.17) is 18.9 Å². The van der Waals surface area contributed by atoms with E-state index in [1.165, 1.54) is 0 Å². The highest BCUT2D eigenvalue weighted by atomic mass is 16.7. The molecule has 10 heteroatoms. The Morgan fingerprint density at radius 1 is 0.857 bits per heavy atom. The lowest BCUT2D eigenvalue weighted by molar-refractivity contribution is -0.341. The molecule has 158 valence electrons. The number of hydrogen-bond acceptors (Lipinski definition) is 10. The number of para-hydroxylation sites is 1. The van der Waals surface area contributed by atoms with Crippen LogP contribution in [0.5, 0.6) is 5.75 Å². The topological polar surface area (TPSA) is 158 Å². The smallest absolute Gasteiger partial charge is 0.229 e. The summed E-state index contributed by atoms with van der Waals surface area (Å²) in [6.07, 6.45) is -11.5. The minimum absolute atomic E-state index is 0.0142. The van der Waals surface area contributed by atoms with Gasteiger partial charge < -0.3 is 49.6 Å². The Bertz CT molecular complexity index is 599. The van der Waals surface area contributed by atoms with E-state index in [-0.39, 0.29) is 6.42 Å². The van der Waals surface area contributed by atoms with Gasteiger partial charge in [-0.2, -0.15) is 0 Å². The lowest BCUT2D eigenvalue weighted by atomic mass is 9.98. The molecule has 2 saturated heterocycles. The molecule has 0 spiro atoms. The molecule has 28 heavy (non-hydrogen) atoms. The summed E-state index contributed by atoms with van der Waals surface area (Å²) in [6, 6.07) is 8.51. The van der Waals surface area contributed by atoms with Crippen LogP contribution in [0.1, 0.15) is 6.42 Å². The molecule has 2 aliphatic heterocycles. The Morgan fingerprint density at radius 3 is 2.21 bits per heavy atom. The second kappa shape index (κ2) is 9.44. The minimum Gasteiger partial charge on any atom is -0.462 e. The molecular formula is C18H26O10. The molecule has 10 nitrogen and oxygen atoms in total. The van der Waals surface area contributed by atoms with Gasteiger partial charge in [-0.15, -0.1) is 0 Å². The summed E-state index contributed by atoms with van der Waals surface area (Å²) in [5.74, 6) is 0.398. The van der Waals surface area contributed by atoms with Crippen LogP contribution >= 0.6 is 0 Å². The fourth-order valence-corrected chi connectivity index (χ4v) is 3.25. The number of benzene rings is 1. The van der Waals surface area contributed by atoms with Crippen LogP contribution in [0.15, 0.2) is 30.3 Å². The maximum atomic E-state index is 10.5. The molecule has 2 fully saturated rings. The predicted octanol–water partition coefficient (Wildman–Crippen LogP) is -2.28. The molecule has 1 aromatic rings. The van der Waals surface area contributed by atoms with Crippen LogP contribution in [0.2, 0.25) is 0 Å². The first kappa shape index (κ1) is 21.4. The molecule has 0 aromatic heterocycles. The SMILES string of the molecule is OC[C@@H]1C[C@H](O)[C@@H](O)[C@H](O[C@H]2[C@H](O)[C@@H](O)[C@H](Oc3ccccc3)O[C@@H]2CO)O1. The van der Waals surface area contributed by atoms with Crippen molar-refractivity contribution in [1.82, 2.24) is 0 Å². The molecule has 0 aliphatic carbocycles. The summed E-state index contributed by atoms with van der Waals surface area (Å²) < 4.78 is 22.0. The predicted molar refractivity (Wildman–Crippen MR) is 92.1 cm³/mol. The van der Waals surface area contributed by atoms with Gasteiger partial charge in [-0.25, -0.2) is 0 Å². The van der Waals surface area contributed by atoms with E-state index in [0.717, 1.165) is 0 Å². The fourth-order valence-electron chi connectivity index (χ4n) is 3.25. The molecule has 0 unspecified atom stereocenters. The lowest BCUT2D eigenvalue weighted by Gasteiger charge is -2.44. The monoisotopic (exact) mass is 402 g/mol. The Hall–Kier alpha value is -1.34. The van der Waals surface area contributed by atoms with E-state index in [9.17, 15) is 30.6 Å². The van der Waals surface area contributed by atoms with E-state index in [1.54, 1.807) is 30.3 Å². The second-order valence-corrected chi connectivity index (χ2v) is 6.84. The maximum Gasteiger partial charge on any atom is 0.229 e. The van der Waals surface area contributed by atoms with Crippen molar-refractivity contribution in [3.8, 4) is 5.75 Å². The Balaban J connectivity index is 1.70. The van der Waals surface area contributed by atoms with Crippen molar-refractivity contribution in [3.05, 3.63) is 30.3 Å². The lowest BCUT2D eigenvalue weighted by Crippen LogP contribution is -2.63. The van der Waals surface area contributed by atoms with E-state index >= 15 is 0 Å². The fraction of sp³-hybridized carbons (Fsp3) is 0.667. The van der Waals surface area contributed by atoms with Gasteiger partial charge >= 0.3 is 0 Å². The van der Waals surface area contributed by atoms with Crippen LogP contribution < -0.4 is 4.74 Å². The summed E-state index contributed by atoms with van der Waals surface area (Å²) >= 11 is 0. The van der Waals surface area contributed by atoms with Gasteiger partial charge in [0.05, 0.1) is 25.4 Å². The number of aliphatic hydroxyl groups excluding tert-OH is 6. The van der Waals surface area contributed by atoms with Gasteiger partial charge in [0.15, 0.2) is 6.29 Å². The maximum absolute atomic E-state index is 10.5. The van der Waals surface area contributed by atoms with Gasteiger partial charge in [0, 0.05) is 6.42 Å². The van der Waals surface area contributed by atoms with E-state index < -0.39 is 68.5 Å². The highest BCUT2D eigenvalue weighted by molar-refractivity contribution is 5.21. The van der Waals surface area contributed by atoms with Gasteiger partial charge in [0.2, 0.25) is 6.29 Å². The molecule has 3 rings (SSSR count). The highest BCUT2D eigenvalue weighted by Crippen LogP contribution is 2.29. The van der Waals surface area contributed by atoms with Gasteiger partial charge in [-0.3, -0.25) is 0 Å². The molecule has 2 heterocycles. The molecule has 9 atom stereocenters. The van der Waals surface area contributed by atoms with E-state index in [1.807, 2.05) is 0 Å². The molecule has 0 amide bonds. The third-order valence-electron chi connectivity index (χ3n) is 4.82. The Kier molecular flexibility index (Phi) is 7.20. The first-order valence-electron chi connectivity index (χ1n) is 9.06. The van der Waals surface area contributed by atoms with Crippen molar-refractivity contribution in [2.24, 2.45) is 0 Å². The summed E-state index contributed by atoms with van der Waals surface area (Å²) in [7, 11) is 0. The molecule has 0 radical (unpaired) electrons. The van der Waals surface area contributed by atoms with Crippen LogP contribution in [0, 0.1) is 0 Å². The summed E-state index contributed by atoms with van der Waals surface area (Å²) in [6.45, 7) is -0.968. The molecule has 0 bridgehead atoms. The Morgan fingerprint density at radius 2 is 1.57 bits per heavy atom. The number of hydrogen-bond donors (Lipinski definition) is 6. The average Bonchev–Trinajstić information content (AvgIpc) is 2.71. The van der Waals surface area contributed by atoms with Crippen molar-refractivity contribution < 1.29 is 49.6 Å². The molecule has 6 N–H and O–H groups in total. The Labute approximate surface area is 161 Å². The van der Waals surface area contributed by atoms with Gasteiger partial charge in [0.1, 0.15) is 36.3 Å². The summed E-state index contributed by atoms with van der Waals surface area (Å²) in [5, 5.41) is 59.7. The highest BCUT2D eigenvalue weighted by Gasteiger charge is 2.49. The molecule has 1 aromatic carbocycles. The van der Waals surface area contributed by atoms with Gasteiger partial charge in [-0.1, -0.05) is 18.2 Å². The average molecular weight is 402 g/mol. The van der Waals surface area contributed by atoms with Crippen LogP contribution in [0.4, 0.5) is 0 Å². The quantitative estimate of drug-likeness (QED) is 0.306. The molecular weight excluding hydrogens is 376 g/mol. The van der Waals surface area contributed by atoms with E-state index in [2.05, 4.69) is 0 Å². The van der Waals surface area contributed by atoms with E-state index in [0.29, 0.717) is 5.75 Å². The van der Waals surface area contributed by atoms with Gasteiger partial charge in [0.25, 0.3) is 0 Å². The number of ether oxygens (including phenoxy) is 4. The number of aliphatic hydroxyl groups is 6. The van der Waals surface area contributed by atoms with Crippen molar-refractivity contribution in [1.29, 1.82) is 0 Å². The van der Waals surface area contributed by atoms with Crippen LogP contribution in [-0.2, 0) is 14.2 Å². The van der Waals surface area contributed by atoms with Crippen LogP contribution in [-0.4, -0.2) is 99.2 Å². The second-order valence-electron chi connectivity index (χ2n) is 6.84. The van der Waals surface area contributed by atoms with Gasteiger partial charge in [-0.05, 0) is 12.1 Å². The standard InChI is InChI=1S/C18H26O10/c19-7-10-6-11(21)13(22)17(26-10)28-16-12(8-20)27-18(15(24)14(16)23)25-9-4-2-1-3-5-9/h1-5,10-24H,6-8H2/t10-,11-,12+,13+,14+,15+,16+,17-,18+/m0/s1. The minimum atomic E-state index is -1.54. The van der Waals surface area contributed by atoms with Crippen molar-refractivity contribution >= 4 is 0 Å². The number of rotatable bonds is 6. The van der Waals surface area contributed by atoms with Crippen molar-refractivity contribution in [2.75, 3.05) is 13.2 Å². The first-order chi connectivity index (χ1) is 13.4. The van der Waals surface area contributed by atoms with Crippen LogP contribution in [0.25, 0.3) is 0 Å². The zero-order chi connectivity index (χ0) is 20.3. The largest absolute Gasteiger partial charge is 0.462 e. The van der Waals surface area contributed by atoms with Crippen molar-refractivity contribution in [3.63, 3.8) is 0 Å². The molecule has 2 aliphatic rings. The summed E-state index contributed by atoms with van der Waals surface area (Å²) in [5.41, 5.74) is 0. The normalized spacial score (nSPS) is 41.6. The van der Waals surface area contributed by atoms with Crippen molar-refractivity contribution in [2.45, 2.75) is 61.7 Å². The molecule has 0 saturated carbocycles. The van der Waals surface area contributed by atoms with Crippen LogP contribution in [0.3, 0.4) is 0 Å². The first-order valence-corrected chi connectivity index (χ1v) is 9.06. The zero-order valence-electron chi connectivity index (χ0n) is 15.0. The third-order valence-corrected chi connectivity index (χ3v) is 4.82.